The second kappa shape index (κ2) is 10.8. The molecule has 174 valence electrons. The van der Waals surface area contributed by atoms with Crippen LogP contribution in [0.4, 0.5) is 4.79 Å². The van der Waals surface area contributed by atoms with Crippen molar-refractivity contribution in [2.24, 2.45) is 5.73 Å². The van der Waals surface area contributed by atoms with Crippen molar-refractivity contribution < 1.29 is 24.5 Å². The molecule has 2 amide bonds. The normalized spacial score (nSPS) is 22.7. The predicted octanol–water partition coefficient (Wildman–Crippen LogP) is 2.27. The molecule has 1 heterocycles. The van der Waals surface area contributed by atoms with Gasteiger partial charge in [-0.1, -0.05) is 29.3 Å². The van der Waals surface area contributed by atoms with E-state index in [-0.39, 0.29) is 37.4 Å². The number of hydrogen-bond acceptors (Lipinski definition) is 6. The van der Waals surface area contributed by atoms with Gasteiger partial charge in [0.05, 0.1) is 22.8 Å². The fraction of sp³-hybridized carbons (Fsp3) is 0.619. The summed E-state index contributed by atoms with van der Waals surface area (Å²) in [5.41, 5.74) is 6.60. The minimum atomic E-state index is -1.05. The summed E-state index contributed by atoms with van der Waals surface area (Å²) in [6.07, 6.45) is -1.16. The molecule has 10 heteroatoms. The Morgan fingerprint density at radius 2 is 2.00 bits per heavy atom. The average Bonchev–Trinajstić information content (AvgIpc) is 2.68. The molecule has 0 radical (unpaired) electrons. The second-order valence-electron chi connectivity index (χ2n) is 8.81. The number of ether oxygens (including phenoxy) is 1. The van der Waals surface area contributed by atoms with Crippen LogP contribution in [0.15, 0.2) is 18.2 Å². The van der Waals surface area contributed by atoms with Crippen LogP contribution in [0.2, 0.25) is 10.0 Å². The highest BCUT2D eigenvalue weighted by molar-refractivity contribution is 6.42. The van der Waals surface area contributed by atoms with E-state index in [0.29, 0.717) is 16.5 Å². The summed E-state index contributed by atoms with van der Waals surface area (Å²) in [5.74, 6) is -0.497. The smallest absolute Gasteiger partial charge is 0.410 e. The maximum absolute atomic E-state index is 12.8. The summed E-state index contributed by atoms with van der Waals surface area (Å²) in [7, 11) is 0. The molecule has 0 bridgehead atoms. The lowest BCUT2D eigenvalue weighted by Gasteiger charge is -2.43. The molecule has 1 aliphatic rings. The monoisotopic (exact) mass is 475 g/mol. The van der Waals surface area contributed by atoms with Gasteiger partial charge in [0, 0.05) is 37.5 Å². The zero-order valence-corrected chi connectivity index (χ0v) is 19.5. The number of nitrogens with one attached hydrogen (secondary N) is 1. The molecule has 31 heavy (non-hydrogen) atoms. The van der Waals surface area contributed by atoms with Gasteiger partial charge in [-0.25, -0.2) is 4.79 Å². The molecular weight excluding hydrogens is 445 g/mol. The Hall–Kier alpha value is -1.58. The molecule has 1 aromatic carbocycles. The first-order chi connectivity index (χ1) is 14.4. The number of nitrogens with zero attached hydrogens (tertiary/aromatic N) is 1. The molecule has 2 unspecified atom stereocenters. The Labute approximate surface area is 192 Å². The number of aliphatic hydroxyl groups is 2. The van der Waals surface area contributed by atoms with Crippen molar-refractivity contribution in [2.45, 2.75) is 63.3 Å². The van der Waals surface area contributed by atoms with Crippen molar-refractivity contribution >= 4 is 35.2 Å². The molecule has 4 atom stereocenters. The van der Waals surface area contributed by atoms with E-state index < -0.39 is 30.4 Å². The highest BCUT2D eigenvalue weighted by atomic mass is 35.5. The van der Waals surface area contributed by atoms with Crippen molar-refractivity contribution in [3.63, 3.8) is 0 Å². The minimum Gasteiger partial charge on any atom is -0.444 e. The fourth-order valence-electron chi connectivity index (χ4n) is 3.54. The Morgan fingerprint density at radius 1 is 1.32 bits per heavy atom. The molecule has 1 aliphatic heterocycles. The van der Waals surface area contributed by atoms with Crippen LogP contribution in [0.1, 0.15) is 45.1 Å². The van der Waals surface area contributed by atoms with E-state index in [1.807, 2.05) is 6.07 Å². The predicted molar refractivity (Wildman–Crippen MR) is 119 cm³/mol. The van der Waals surface area contributed by atoms with Gasteiger partial charge in [-0.15, -0.1) is 0 Å². The van der Waals surface area contributed by atoms with Gasteiger partial charge in [0.2, 0.25) is 5.91 Å². The van der Waals surface area contributed by atoms with Gasteiger partial charge in [-0.05, 0) is 44.9 Å². The SMILES string of the molecule is CC(C)(C)OC(=O)N1C[C@@H](N)[C@H](c2ccc(Cl)c(Cl)c2)CC1CC(=O)NCC(O)CO. The zero-order valence-electron chi connectivity index (χ0n) is 18.0. The first-order valence-electron chi connectivity index (χ1n) is 10.2. The number of likely N-dealkylation sites (tertiary alicyclic amines) is 1. The molecule has 1 saturated heterocycles. The quantitative estimate of drug-likeness (QED) is 0.499. The number of nitrogens with two attached hydrogens (primary N) is 1. The second-order valence-corrected chi connectivity index (χ2v) is 9.63. The molecule has 8 nitrogen and oxygen atoms in total. The van der Waals surface area contributed by atoms with Crippen molar-refractivity contribution in [2.75, 3.05) is 19.7 Å². The van der Waals surface area contributed by atoms with E-state index >= 15 is 0 Å². The highest BCUT2D eigenvalue weighted by Crippen LogP contribution is 2.35. The summed E-state index contributed by atoms with van der Waals surface area (Å²) in [4.78, 5) is 26.8. The summed E-state index contributed by atoms with van der Waals surface area (Å²) in [6.45, 7) is 4.98. The number of hydrogen-bond donors (Lipinski definition) is 4. The van der Waals surface area contributed by atoms with E-state index in [4.69, 9.17) is 38.8 Å². The van der Waals surface area contributed by atoms with E-state index in [2.05, 4.69) is 5.32 Å². The summed E-state index contributed by atoms with van der Waals surface area (Å²) >= 11 is 12.2. The number of carbonyl (C=O) groups is 2. The van der Waals surface area contributed by atoms with Crippen LogP contribution in [-0.4, -0.2) is 70.6 Å². The lowest BCUT2D eigenvalue weighted by molar-refractivity contribution is -0.123. The number of benzene rings is 1. The molecule has 0 aliphatic carbocycles. The van der Waals surface area contributed by atoms with E-state index in [1.54, 1.807) is 32.9 Å². The van der Waals surface area contributed by atoms with Crippen LogP contribution in [0.25, 0.3) is 0 Å². The van der Waals surface area contributed by atoms with Gasteiger partial charge < -0.3 is 30.9 Å². The maximum Gasteiger partial charge on any atom is 0.410 e. The first-order valence-corrected chi connectivity index (χ1v) is 10.9. The lowest BCUT2D eigenvalue weighted by Crippen LogP contribution is -2.56. The van der Waals surface area contributed by atoms with Crippen LogP contribution < -0.4 is 11.1 Å². The average molecular weight is 476 g/mol. The van der Waals surface area contributed by atoms with Gasteiger partial charge in [0.1, 0.15) is 5.60 Å². The number of carbonyl (C=O) groups excluding carboxylic acids is 2. The number of rotatable bonds is 6. The zero-order chi connectivity index (χ0) is 23.3. The molecule has 0 aromatic heterocycles. The van der Waals surface area contributed by atoms with Crippen LogP contribution in [0.3, 0.4) is 0 Å². The molecule has 2 rings (SSSR count). The third-order valence-electron chi connectivity index (χ3n) is 5.06. The largest absolute Gasteiger partial charge is 0.444 e. The number of amides is 2. The Morgan fingerprint density at radius 3 is 2.58 bits per heavy atom. The summed E-state index contributed by atoms with van der Waals surface area (Å²) in [6, 6.07) is 4.44. The molecule has 0 saturated carbocycles. The van der Waals surface area contributed by atoms with Crippen molar-refractivity contribution in [1.29, 1.82) is 0 Å². The van der Waals surface area contributed by atoms with E-state index in [0.717, 1.165) is 5.56 Å². The van der Waals surface area contributed by atoms with Gasteiger partial charge in [0.25, 0.3) is 0 Å². The molecular formula is C21H31Cl2N3O5. The number of piperidine rings is 1. The Balaban J connectivity index is 2.22. The Bertz CT molecular complexity index is 787. The van der Waals surface area contributed by atoms with Crippen molar-refractivity contribution in [3.8, 4) is 0 Å². The number of aliphatic hydroxyl groups excluding tert-OH is 2. The van der Waals surface area contributed by atoms with Crippen LogP contribution in [-0.2, 0) is 9.53 Å². The van der Waals surface area contributed by atoms with Crippen LogP contribution in [0, 0.1) is 0 Å². The van der Waals surface area contributed by atoms with Crippen molar-refractivity contribution in [1.82, 2.24) is 10.2 Å². The van der Waals surface area contributed by atoms with Gasteiger partial charge in [-0.3, -0.25) is 4.79 Å². The summed E-state index contributed by atoms with van der Waals surface area (Å²) < 4.78 is 5.52. The molecule has 1 aromatic rings. The molecule has 0 spiro atoms. The van der Waals surface area contributed by atoms with Gasteiger partial charge in [0.15, 0.2) is 0 Å². The van der Waals surface area contributed by atoms with Crippen molar-refractivity contribution in [3.05, 3.63) is 33.8 Å². The standard InChI is InChI=1S/C21H31Cl2N3O5/c1-21(2,3)31-20(30)26-10-18(24)15(12-4-5-16(22)17(23)6-12)7-13(26)8-19(29)25-9-14(28)11-27/h4-6,13-15,18,27-28H,7-11,24H2,1-3H3,(H,25,29)/t13?,14?,15-,18+/m0/s1. The summed E-state index contributed by atoms with van der Waals surface area (Å²) in [5, 5.41) is 21.8. The minimum absolute atomic E-state index is 0.00192. The Kier molecular flexibility index (Phi) is 8.97. The fourth-order valence-corrected chi connectivity index (χ4v) is 3.85. The topological polar surface area (TPSA) is 125 Å². The highest BCUT2D eigenvalue weighted by Gasteiger charge is 2.39. The first kappa shape index (κ1) is 25.7. The van der Waals surface area contributed by atoms with Gasteiger partial charge >= 0.3 is 6.09 Å². The molecule has 1 fully saturated rings. The third-order valence-corrected chi connectivity index (χ3v) is 5.80. The maximum atomic E-state index is 12.8. The van der Waals surface area contributed by atoms with E-state index in [9.17, 15) is 14.7 Å². The number of halogens is 2. The lowest BCUT2D eigenvalue weighted by atomic mass is 9.81. The van der Waals surface area contributed by atoms with Crippen LogP contribution in [0.5, 0.6) is 0 Å². The van der Waals surface area contributed by atoms with Gasteiger partial charge in [-0.2, -0.15) is 0 Å². The third kappa shape index (κ3) is 7.50. The molecule has 5 N–H and O–H groups in total. The van der Waals surface area contributed by atoms with E-state index in [1.165, 1.54) is 4.90 Å². The van der Waals surface area contributed by atoms with Crippen LogP contribution >= 0.6 is 23.2 Å².